The van der Waals surface area contributed by atoms with Crippen molar-refractivity contribution in [2.24, 2.45) is 0 Å². The fraction of sp³-hybridized carbons (Fsp3) is 0.308. The Kier molecular flexibility index (Phi) is 9.00. The lowest BCUT2D eigenvalue weighted by Gasteiger charge is -2.18. The maximum atomic E-state index is 13.3. The van der Waals surface area contributed by atoms with Gasteiger partial charge in [-0.15, -0.1) is 0 Å². The number of aromatic nitrogens is 1. The van der Waals surface area contributed by atoms with Gasteiger partial charge in [-0.1, -0.05) is 36.4 Å². The molecular formula is C26H28F4N4O2. The molecule has 0 spiro atoms. The highest BCUT2D eigenvalue weighted by atomic mass is 19.4. The molecule has 0 saturated heterocycles. The lowest BCUT2D eigenvalue weighted by Crippen LogP contribution is -2.32. The van der Waals surface area contributed by atoms with Gasteiger partial charge in [-0.3, -0.25) is 4.79 Å². The first kappa shape index (κ1) is 27.1. The van der Waals surface area contributed by atoms with Crippen LogP contribution < -0.4 is 16.4 Å². The zero-order chi connectivity index (χ0) is 26.3. The van der Waals surface area contributed by atoms with E-state index in [2.05, 4.69) is 15.6 Å². The van der Waals surface area contributed by atoms with E-state index in [0.717, 1.165) is 17.7 Å². The number of hydrogen-bond donors (Lipinski definition) is 4. The summed E-state index contributed by atoms with van der Waals surface area (Å²) in [5.41, 5.74) is 6.57. The standard InChI is InChI=1S/C26H28F4N4O2/c1-16(32-15-23(35)20-6-8-24(31)33-14-20)9-17-3-2-4-18(10-17)11-25(36)34-13-19-5-7-21(27)12-22(19)26(28,29)30/h2-8,10,12,14,16,23,32,35H,9,11,13,15H2,1H3,(H2,31,33)(H,34,36). The highest BCUT2D eigenvalue weighted by Gasteiger charge is 2.33. The highest BCUT2D eigenvalue weighted by molar-refractivity contribution is 5.78. The van der Waals surface area contributed by atoms with Gasteiger partial charge in [0.2, 0.25) is 5.91 Å². The van der Waals surface area contributed by atoms with Gasteiger partial charge in [0, 0.05) is 30.9 Å². The maximum absolute atomic E-state index is 13.3. The number of nitrogens with two attached hydrogens (primary N) is 1. The van der Waals surface area contributed by atoms with Gasteiger partial charge in [-0.25, -0.2) is 9.37 Å². The second kappa shape index (κ2) is 12.0. The molecule has 3 aromatic rings. The van der Waals surface area contributed by atoms with E-state index in [0.29, 0.717) is 36.0 Å². The summed E-state index contributed by atoms with van der Waals surface area (Å²) >= 11 is 0. The van der Waals surface area contributed by atoms with Crippen LogP contribution in [0.3, 0.4) is 0 Å². The number of anilines is 1. The van der Waals surface area contributed by atoms with Crippen molar-refractivity contribution in [2.45, 2.75) is 44.6 Å². The van der Waals surface area contributed by atoms with Crippen LogP contribution in [0.15, 0.2) is 60.8 Å². The zero-order valence-corrected chi connectivity index (χ0v) is 19.6. The van der Waals surface area contributed by atoms with E-state index in [1.165, 1.54) is 6.20 Å². The Hall–Kier alpha value is -3.50. The van der Waals surface area contributed by atoms with Crippen LogP contribution in [0.4, 0.5) is 23.4 Å². The van der Waals surface area contributed by atoms with Crippen LogP contribution in [0.5, 0.6) is 0 Å². The molecule has 0 fully saturated rings. The summed E-state index contributed by atoms with van der Waals surface area (Å²) in [5.74, 6) is -1.06. The third-order valence-corrected chi connectivity index (χ3v) is 5.60. The van der Waals surface area contributed by atoms with Crippen molar-refractivity contribution in [1.29, 1.82) is 0 Å². The molecule has 1 heterocycles. The number of nitrogens with zero attached hydrogens (tertiary/aromatic N) is 1. The molecule has 5 N–H and O–H groups in total. The van der Waals surface area contributed by atoms with Crippen LogP contribution in [0.1, 0.15) is 40.8 Å². The monoisotopic (exact) mass is 504 g/mol. The fourth-order valence-electron chi connectivity index (χ4n) is 3.75. The molecule has 192 valence electrons. The molecule has 1 amide bonds. The minimum absolute atomic E-state index is 0.0128. The number of nitrogen functional groups attached to an aromatic ring is 1. The summed E-state index contributed by atoms with van der Waals surface area (Å²) in [6.45, 7) is 1.92. The van der Waals surface area contributed by atoms with Gasteiger partial charge in [0.05, 0.1) is 18.1 Å². The molecule has 0 saturated carbocycles. The maximum Gasteiger partial charge on any atom is 0.416 e. The second-order valence-corrected chi connectivity index (χ2v) is 8.62. The summed E-state index contributed by atoms with van der Waals surface area (Å²) in [6, 6.07) is 13.1. The Balaban J connectivity index is 1.51. The SMILES string of the molecule is CC(Cc1cccc(CC(=O)NCc2ccc(F)cc2C(F)(F)F)c1)NCC(O)c1ccc(N)nc1. The quantitative estimate of drug-likeness (QED) is 0.314. The van der Waals surface area contributed by atoms with Crippen molar-refractivity contribution >= 4 is 11.7 Å². The normalized spacial score (nSPS) is 13.3. The fourth-order valence-corrected chi connectivity index (χ4v) is 3.75. The van der Waals surface area contributed by atoms with Gasteiger partial charge < -0.3 is 21.5 Å². The number of carbonyl (C=O) groups excluding carboxylic acids is 1. The summed E-state index contributed by atoms with van der Waals surface area (Å²) in [5, 5.41) is 16.0. The van der Waals surface area contributed by atoms with Crippen molar-refractivity contribution < 1.29 is 27.5 Å². The van der Waals surface area contributed by atoms with Crippen LogP contribution in [0.25, 0.3) is 0 Å². The van der Waals surface area contributed by atoms with E-state index < -0.39 is 29.6 Å². The molecule has 2 unspecified atom stereocenters. The van der Waals surface area contributed by atoms with Crippen LogP contribution in [-0.4, -0.2) is 28.6 Å². The van der Waals surface area contributed by atoms with Gasteiger partial charge >= 0.3 is 6.18 Å². The number of pyridine rings is 1. The van der Waals surface area contributed by atoms with E-state index >= 15 is 0 Å². The van der Waals surface area contributed by atoms with Crippen LogP contribution >= 0.6 is 0 Å². The lowest BCUT2D eigenvalue weighted by molar-refractivity contribution is -0.138. The number of carbonyl (C=O) groups is 1. The minimum atomic E-state index is -4.72. The molecule has 36 heavy (non-hydrogen) atoms. The molecule has 3 rings (SSSR count). The first-order chi connectivity index (χ1) is 17.0. The Morgan fingerprint density at radius 2 is 1.86 bits per heavy atom. The Labute approximate surface area is 206 Å². The number of amides is 1. The van der Waals surface area contributed by atoms with Crippen LogP contribution in [-0.2, 0) is 30.4 Å². The van der Waals surface area contributed by atoms with Crippen molar-refractivity contribution in [3.05, 3.63) is 94.4 Å². The smallest absolute Gasteiger partial charge is 0.387 e. The summed E-state index contributed by atoms with van der Waals surface area (Å²) in [4.78, 5) is 16.3. The molecule has 0 aliphatic carbocycles. The predicted molar refractivity (Wildman–Crippen MR) is 128 cm³/mol. The second-order valence-electron chi connectivity index (χ2n) is 8.62. The first-order valence-electron chi connectivity index (χ1n) is 11.3. The minimum Gasteiger partial charge on any atom is -0.387 e. The highest BCUT2D eigenvalue weighted by Crippen LogP contribution is 2.32. The van der Waals surface area contributed by atoms with Gasteiger partial charge in [0.25, 0.3) is 0 Å². The largest absolute Gasteiger partial charge is 0.416 e. The summed E-state index contributed by atoms with van der Waals surface area (Å²) in [7, 11) is 0. The zero-order valence-electron chi connectivity index (χ0n) is 19.6. The molecule has 1 aromatic heterocycles. The topological polar surface area (TPSA) is 100 Å². The van der Waals surface area contributed by atoms with E-state index in [1.54, 1.807) is 24.3 Å². The van der Waals surface area contributed by atoms with E-state index in [-0.39, 0.29) is 24.6 Å². The van der Waals surface area contributed by atoms with Crippen molar-refractivity contribution in [1.82, 2.24) is 15.6 Å². The number of aliphatic hydroxyl groups is 1. The number of rotatable bonds is 10. The van der Waals surface area contributed by atoms with E-state index in [9.17, 15) is 27.5 Å². The lowest BCUT2D eigenvalue weighted by atomic mass is 10.0. The molecule has 6 nitrogen and oxygen atoms in total. The molecule has 2 aromatic carbocycles. The number of nitrogens with one attached hydrogen (secondary N) is 2. The van der Waals surface area contributed by atoms with Gasteiger partial charge in [0.15, 0.2) is 0 Å². The molecule has 2 atom stereocenters. The third-order valence-electron chi connectivity index (χ3n) is 5.60. The average molecular weight is 505 g/mol. The molecule has 0 bridgehead atoms. The Morgan fingerprint density at radius 1 is 1.11 bits per heavy atom. The number of benzene rings is 2. The molecule has 10 heteroatoms. The average Bonchev–Trinajstić information content (AvgIpc) is 2.82. The number of halogens is 4. The first-order valence-corrected chi connectivity index (χ1v) is 11.3. The van der Waals surface area contributed by atoms with Crippen LogP contribution in [0.2, 0.25) is 0 Å². The number of hydrogen-bond acceptors (Lipinski definition) is 5. The summed E-state index contributed by atoms with van der Waals surface area (Å²) in [6.07, 6.45) is -3.31. The number of alkyl halides is 3. The Bertz CT molecular complexity index is 1170. The van der Waals surface area contributed by atoms with Gasteiger partial charge in [-0.05, 0) is 48.2 Å². The van der Waals surface area contributed by atoms with Crippen molar-refractivity contribution in [3.8, 4) is 0 Å². The van der Waals surface area contributed by atoms with E-state index in [4.69, 9.17) is 5.73 Å². The van der Waals surface area contributed by atoms with Crippen LogP contribution in [0, 0.1) is 5.82 Å². The van der Waals surface area contributed by atoms with E-state index in [1.807, 2.05) is 19.1 Å². The van der Waals surface area contributed by atoms with Gasteiger partial charge in [-0.2, -0.15) is 13.2 Å². The van der Waals surface area contributed by atoms with Gasteiger partial charge in [0.1, 0.15) is 11.6 Å². The van der Waals surface area contributed by atoms with Crippen molar-refractivity contribution in [2.75, 3.05) is 12.3 Å². The Morgan fingerprint density at radius 3 is 2.56 bits per heavy atom. The van der Waals surface area contributed by atoms with Crippen molar-refractivity contribution in [3.63, 3.8) is 0 Å². The molecule has 0 aliphatic heterocycles. The molecule has 0 radical (unpaired) electrons. The molecular weight excluding hydrogens is 476 g/mol. The third kappa shape index (κ3) is 8.03. The summed E-state index contributed by atoms with van der Waals surface area (Å²) < 4.78 is 52.7. The predicted octanol–water partition coefficient (Wildman–Crippen LogP) is 3.93. The molecule has 0 aliphatic rings. The number of aliphatic hydroxyl groups excluding tert-OH is 1.